The molecule has 2 nitrogen and oxygen atoms in total. The summed E-state index contributed by atoms with van der Waals surface area (Å²) in [6.07, 6.45) is 2.37. The maximum absolute atomic E-state index is 3.79. The molecule has 0 aromatic rings. The van der Waals surface area contributed by atoms with Crippen molar-refractivity contribution in [2.75, 3.05) is 26.7 Å². The average Bonchev–Trinajstić information content (AvgIpc) is 1.89. The Morgan fingerprint density at radius 2 is 2.10 bits per heavy atom. The van der Waals surface area contributed by atoms with Gasteiger partial charge in [0.1, 0.15) is 0 Å². The lowest BCUT2D eigenvalue weighted by Gasteiger charge is -2.13. The molecule has 0 aliphatic rings. The van der Waals surface area contributed by atoms with E-state index in [4.69, 9.17) is 0 Å². The molecule has 0 N–H and O–H groups in total. The fraction of sp³-hybridized carbons (Fsp3) is 0.875. The zero-order valence-corrected chi connectivity index (χ0v) is 7.14. The second-order valence-corrected chi connectivity index (χ2v) is 2.60. The fourth-order valence-corrected chi connectivity index (χ4v) is 0.946. The van der Waals surface area contributed by atoms with Crippen molar-refractivity contribution in [1.29, 1.82) is 0 Å². The van der Waals surface area contributed by atoms with Crippen LogP contribution in [-0.2, 0) is 0 Å². The van der Waals surface area contributed by atoms with E-state index >= 15 is 0 Å². The van der Waals surface area contributed by atoms with Crippen molar-refractivity contribution in [2.24, 2.45) is 4.99 Å². The van der Waals surface area contributed by atoms with Crippen molar-refractivity contribution in [3.63, 3.8) is 0 Å². The number of nitrogens with zero attached hydrogens (tertiary/aromatic N) is 2. The van der Waals surface area contributed by atoms with Gasteiger partial charge in [-0.2, -0.15) is 0 Å². The number of hydrogen-bond acceptors (Lipinski definition) is 2. The predicted octanol–water partition coefficient (Wildman–Crippen LogP) is 1.42. The van der Waals surface area contributed by atoms with E-state index in [1.54, 1.807) is 0 Å². The molecule has 2 heteroatoms. The quantitative estimate of drug-likeness (QED) is 0.404. The van der Waals surface area contributed by atoms with Crippen LogP contribution in [0, 0.1) is 0 Å². The first-order chi connectivity index (χ1) is 4.81. The van der Waals surface area contributed by atoms with Gasteiger partial charge in [-0.05, 0) is 39.7 Å². The first-order valence-corrected chi connectivity index (χ1v) is 3.92. The molecule has 0 heterocycles. The Kier molecular flexibility index (Phi) is 6.50. The number of hydrogen-bond donors (Lipinski definition) is 0. The Labute approximate surface area is 63.9 Å². The van der Waals surface area contributed by atoms with E-state index in [9.17, 15) is 0 Å². The third-order valence-corrected chi connectivity index (χ3v) is 1.46. The second kappa shape index (κ2) is 6.75. The van der Waals surface area contributed by atoms with Crippen LogP contribution in [0.25, 0.3) is 0 Å². The molecule has 0 unspecified atom stereocenters. The lowest BCUT2D eigenvalue weighted by Crippen LogP contribution is -2.20. The van der Waals surface area contributed by atoms with Gasteiger partial charge in [-0.1, -0.05) is 6.92 Å². The third kappa shape index (κ3) is 5.76. The maximum atomic E-state index is 3.79. The zero-order chi connectivity index (χ0) is 7.82. The van der Waals surface area contributed by atoms with Crippen LogP contribution in [0.5, 0.6) is 0 Å². The standard InChI is InChI=1S/C8H18N2/c1-4-7-10(3)8-5-6-9-2/h2,4-8H2,1,3H3. The van der Waals surface area contributed by atoms with Crippen molar-refractivity contribution in [1.82, 2.24) is 4.90 Å². The molecule has 60 valence electrons. The van der Waals surface area contributed by atoms with Crippen LogP contribution in [0.4, 0.5) is 0 Å². The molecule has 0 aliphatic heterocycles. The van der Waals surface area contributed by atoms with E-state index in [1.807, 2.05) is 0 Å². The Bertz CT molecular complexity index is 81.3. The molecule has 0 rings (SSSR count). The minimum Gasteiger partial charge on any atom is -0.306 e. The van der Waals surface area contributed by atoms with Crippen LogP contribution in [-0.4, -0.2) is 38.3 Å². The molecule has 0 spiro atoms. The van der Waals surface area contributed by atoms with Gasteiger partial charge in [0.15, 0.2) is 0 Å². The molecule has 0 amide bonds. The molecule has 10 heavy (non-hydrogen) atoms. The van der Waals surface area contributed by atoms with E-state index in [1.165, 1.54) is 13.0 Å². The molecule has 0 aromatic heterocycles. The lowest BCUT2D eigenvalue weighted by molar-refractivity contribution is 0.332. The first kappa shape index (κ1) is 9.63. The Morgan fingerprint density at radius 1 is 1.40 bits per heavy atom. The Morgan fingerprint density at radius 3 is 2.60 bits per heavy atom. The van der Waals surface area contributed by atoms with Crippen molar-refractivity contribution < 1.29 is 0 Å². The molecule has 0 bridgehead atoms. The van der Waals surface area contributed by atoms with Crippen molar-refractivity contribution in [2.45, 2.75) is 19.8 Å². The summed E-state index contributed by atoms with van der Waals surface area (Å²) < 4.78 is 0. The minimum atomic E-state index is 0.897. The van der Waals surface area contributed by atoms with E-state index in [-0.39, 0.29) is 0 Å². The van der Waals surface area contributed by atoms with Crippen LogP contribution in [0.1, 0.15) is 19.8 Å². The topological polar surface area (TPSA) is 15.6 Å². The van der Waals surface area contributed by atoms with Crippen LogP contribution in [0.3, 0.4) is 0 Å². The largest absolute Gasteiger partial charge is 0.306 e. The summed E-state index contributed by atoms with van der Waals surface area (Å²) in [5.74, 6) is 0. The smallest absolute Gasteiger partial charge is 0.0394 e. The fourth-order valence-electron chi connectivity index (χ4n) is 0.946. The molecule has 0 saturated heterocycles. The monoisotopic (exact) mass is 142 g/mol. The lowest BCUT2D eigenvalue weighted by atomic mass is 10.3. The van der Waals surface area contributed by atoms with E-state index in [2.05, 4.69) is 30.6 Å². The van der Waals surface area contributed by atoms with Gasteiger partial charge in [0, 0.05) is 6.54 Å². The minimum absolute atomic E-state index is 0.897. The molecule has 0 aromatic carbocycles. The number of rotatable bonds is 6. The van der Waals surface area contributed by atoms with Gasteiger partial charge in [0.2, 0.25) is 0 Å². The summed E-state index contributed by atoms with van der Waals surface area (Å²) in [4.78, 5) is 6.12. The first-order valence-electron chi connectivity index (χ1n) is 3.92. The van der Waals surface area contributed by atoms with E-state index < -0.39 is 0 Å². The predicted molar refractivity (Wildman–Crippen MR) is 46.8 cm³/mol. The van der Waals surface area contributed by atoms with Crippen LogP contribution >= 0.6 is 0 Å². The van der Waals surface area contributed by atoms with Gasteiger partial charge in [-0.25, -0.2) is 0 Å². The van der Waals surface area contributed by atoms with Crippen LogP contribution in [0.15, 0.2) is 4.99 Å². The van der Waals surface area contributed by atoms with Gasteiger partial charge < -0.3 is 9.89 Å². The van der Waals surface area contributed by atoms with Gasteiger partial charge in [0.25, 0.3) is 0 Å². The van der Waals surface area contributed by atoms with Gasteiger partial charge >= 0.3 is 0 Å². The third-order valence-electron chi connectivity index (χ3n) is 1.46. The molecule has 0 atom stereocenters. The van der Waals surface area contributed by atoms with Crippen molar-refractivity contribution in [3.05, 3.63) is 0 Å². The Hall–Kier alpha value is -0.370. The van der Waals surface area contributed by atoms with E-state index in [0.717, 1.165) is 19.5 Å². The molecule has 0 aliphatic carbocycles. The molecular weight excluding hydrogens is 124 g/mol. The van der Waals surface area contributed by atoms with Crippen molar-refractivity contribution in [3.8, 4) is 0 Å². The highest BCUT2D eigenvalue weighted by atomic mass is 15.1. The SMILES string of the molecule is C=NCCCN(C)CCC. The summed E-state index contributed by atoms with van der Waals surface area (Å²) in [6, 6.07) is 0. The highest BCUT2D eigenvalue weighted by molar-refractivity contribution is 5.22. The van der Waals surface area contributed by atoms with Gasteiger partial charge in [-0.15, -0.1) is 0 Å². The van der Waals surface area contributed by atoms with Crippen LogP contribution in [0.2, 0.25) is 0 Å². The molecule has 0 radical (unpaired) electrons. The summed E-state index contributed by atoms with van der Waals surface area (Å²) >= 11 is 0. The summed E-state index contributed by atoms with van der Waals surface area (Å²) in [5.41, 5.74) is 0. The summed E-state index contributed by atoms with van der Waals surface area (Å²) in [5, 5.41) is 0. The highest BCUT2D eigenvalue weighted by Crippen LogP contribution is 1.89. The normalized spacial score (nSPS) is 10.3. The van der Waals surface area contributed by atoms with Crippen LogP contribution < -0.4 is 0 Å². The highest BCUT2D eigenvalue weighted by Gasteiger charge is 1.93. The van der Waals surface area contributed by atoms with Crippen molar-refractivity contribution >= 4 is 6.72 Å². The summed E-state index contributed by atoms with van der Waals surface area (Å²) in [7, 11) is 2.15. The zero-order valence-electron chi connectivity index (χ0n) is 7.14. The van der Waals surface area contributed by atoms with E-state index in [0.29, 0.717) is 0 Å². The second-order valence-electron chi connectivity index (χ2n) is 2.60. The molecule has 0 fully saturated rings. The summed E-state index contributed by atoms with van der Waals surface area (Å²) in [6.45, 7) is 8.87. The van der Waals surface area contributed by atoms with Gasteiger partial charge in [0.05, 0.1) is 0 Å². The average molecular weight is 142 g/mol. The number of aliphatic imine (C=N–C) groups is 1. The van der Waals surface area contributed by atoms with Gasteiger partial charge in [-0.3, -0.25) is 0 Å². The Balaban J connectivity index is 3.04. The molecular formula is C8H18N2. The molecule has 0 saturated carbocycles. The maximum Gasteiger partial charge on any atom is 0.0394 e.